The first kappa shape index (κ1) is 30.2. The molecule has 5 rings (SSSR count). The number of aldehydes is 1. The van der Waals surface area contributed by atoms with Gasteiger partial charge in [-0.1, -0.05) is 11.8 Å². The molecule has 1 atom stereocenters. The Morgan fingerprint density at radius 3 is 2.64 bits per heavy atom. The second-order valence-corrected chi connectivity index (χ2v) is 11.9. The number of carbonyl (C=O) groups excluding carboxylic acids is 5. The van der Waals surface area contributed by atoms with Crippen LogP contribution in [-0.2, 0) is 19.9 Å². The molecule has 2 N–H and O–H groups in total. The normalized spacial score (nSPS) is 15.0. The number of fused-ring (bicyclic) bond motifs is 1. The number of nitrogens with one attached hydrogen (secondary N) is 2. The highest BCUT2D eigenvalue weighted by atomic mass is 32.1. The number of nitrogens with zero attached hydrogens (tertiary/aromatic N) is 5. The summed E-state index contributed by atoms with van der Waals surface area (Å²) < 4.78 is 1.55. The van der Waals surface area contributed by atoms with E-state index >= 15 is 0 Å². The topological polar surface area (TPSA) is 157 Å². The number of thiophene rings is 1. The number of aromatic nitrogens is 2. The van der Waals surface area contributed by atoms with Crippen LogP contribution in [0.3, 0.4) is 0 Å². The number of rotatable bonds is 9. The van der Waals surface area contributed by atoms with E-state index in [0.717, 1.165) is 10.6 Å². The van der Waals surface area contributed by atoms with Gasteiger partial charge >= 0.3 is 0 Å². The lowest BCUT2D eigenvalue weighted by Gasteiger charge is -2.38. The minimum atomic E-state index is -1.06. The molecular weight excluding hydrogens is 582 g/mol. The maximum Gasteiger partial charge on any atom is 0.262 e. The first-order valence-corrected chi connectivity index (χ1v) is 14.7. The third-order valence-corrected chi connectivity index (χ3v) is 8.50. The minimum absolute atomic E-state index is 0.0430. The number of benzene rings is 1. The molecule has 44 heavy (non-hydrogen) atoms. The van der Waals surface area contributed by atoms with Crippen LogP contribution in [0.5, 0.6) is 0 Å². The van der Waals surface area contributed by atoms with Gasteiger partial charge in [0, 0.05) is 43.8 Å². The molecule has 0 bridgehead atoms. The first-order valence-electron chi connectivity index (χ1n) is 13.9. The van der Waals surface area contributed by atoms with Crippen molar-refractivity contribution in [3.8, 4) is 17.9 Å². The van der Waals surface area contributed by atoms with Gasteiger partial charge in [0.25, 0.3) is 17.7 Å². The Morgan fingerprint density at radius 2 is 1.95 bits per heavy atom. The van der Waals surface area contributed by atoms with Gasteiger partial charge < -0.3 is 20.3 Å². The fraction of sp³-hybridized carbons (Fsp3) is 0.323. The summed E-state index contributed by atoms with van der Waals surface area (Å²) in [6, 6.07) is 7.64. The molecule has 3 aromatic rings. The summed E-state index contributed by atoms with van der Waals surface area (Å²) in [7, 11) is 1.42. The fourth-order valence-corrected chi connectivity index (χ4v) is 5.63. The van der Waals surface area contributed by atoms with Crippen LogP contribution in [0.25, 0.3) is 0 Å². The molecule has 1 saturated heterocycles. The number of carbonyl (C=O) groups is 5. The van der Waals surface area contributed by atoms with Crippen LogP contribution < -0.4 is 15.5 Å². The lowest BCUT2D eigenvalue weighted by atomic mass is 9.98. The number of hydrogen-bond donors (Lipinski definition) is 2. The minimum Gasteiger partial charge on any atom is -0.369 e. The molecule has 1 fully saturated rings. The second kappa shape index (κ2) is 12.1. The molecule has 0 aliphatic carbocycles. The average Bonchev–Trinajstić information content (AvgIpc) is 3.72. The van der Waals surface area contributed by atoms with Crippen molar-refractivity contribution in [2.45, 2.75) is 38.3 Å². The van der Waals surface area contributed by atoms with Crippen molar-refractivity contribution < 1.29 is 24.0 Å². The monoisotopic (exact) mass is 611 g/mol. The van der Waals surface area contributed by atoms with E-state index in [-0.39, 0.29) is 35.8 Å². The van der Waals surface area contributed by atoms with Gasteiger partial charge in [0.1, 0.15) is 28.8 Å². The number of amides is 4. The van der Waals surface area contributed by atoms with Crippen LogP contribution in [0.1, 0.15) is 57.8 Å². The van der Waals surface area contributed by atoms with Crippen molar-refractivity contribution in [3.63, 3.8) is 0 Å². The van der Waals surface area contributed by atoms with Gasteiger partial charge in [0.05, 0.1) is 34.5 Å². The molecule has 1 aromatic carbocycles. The molecule has 0 radical (unpaired) electrons. The highest BCUT2D eigenvalue weighted by Crippen LogP contribution is 2.32. The predicted octanol–water partition coefficient (Wildman–Crippen LogP) is 2.37. The third-order valence-electron chi connectivity index (χ3n) is 7.67. The summed E-state index contributed by atoms with van der Waals surface area (Å²) in [4.78, 5) is 66.0. The predicted molar refractivity (Wildman–Crippen MR) is 162 cm³/mol. The Hall–Kier alpha value is -5.27. The van der Waals surface area contributed by atoms with Gasteiger partial charge in [-0.25, -0.2) is 0 Å². The van der Waals surface area contributed by atoms with Crippen molar-refractivity contribution in [1.29, 1.82) is 5.26 Å². The van der Waals surface area contributed by atoms with Crippen LogP contribution in [0, 0.1) is 29.1 Å². The maximum atomic E-state index is 13.2. The summed E-state index contributed by atoms with van der Waals surface area (Å²) in [6.07, 6.45) is 4.07. The van der Waals surface area contributed by atoms with Crippen molar-refractivity contribution in [2.75, 3.05) is 30.4 Å². The Balaban J connectivity index is 1.21. The molecule has 2 aromatic heterocycles. The van der Waals surface area contributed by atoms with E-state index in [0.29, 0.717) is 35.5 Å². The van der Waals surface area contributed by atoms with Gasteiger partial charge in [-0.15, -0.1) is 11.3 Å². The van der Waals surface area contributed by atoms with Crippen LogP contribution in [0.2, 0.25) is 0 Å². The standard InChI is InChI=1S/C31H29N7O5S/c1-31(2,30(43)35-21-11-23(13-32)44-18-21)37-17-19(14-34-37)6-7-20-15-36(16-20)22-8-9-24-25(12-22)29(42)38(28(24)41)26(5-4-10-39)27(40)33-3/h8-12,14,17-18,20,26H,4-5,15-16H2,1-3H3,(H,33,40)(H,35,43). The molecule has 1 unspecified atom stereocenters. The third kappa shape index (κ3) is 5.70. The smallest absolute Gasteiger partial charge is 0.262 e. The molecule has 2 aliphatic heterocycles. The van der Waals surface area contributed by atoms with E-state index in [1.165, 1.54) is 18.4 Å². The van der Waals surface area contributed by atoms with E-state index < -0.39 is 29.3 Å². The molecule has 13 heteroatoms. The lowest BCUT2D eigenvalue weighted by molar-refractivity contribution is -0.125. The summed E-state index contributed by atoms with van der Waals surface area (Å²) in [5, 5.41) is 20.3. The van der Waals surface area contributed by atoms with E-state index in [2.05, 4.69) is 33.6 Å². The van der Waals surface area contributed by atoms with Crippen molar-refractivity contribution in [1.82, 2.24) is 20.0 Å². The zero-order valence-corrected chi connectivity index (χ0v) is 25.1. The summed E-state index contributed by atoms with van der Waals surface area (Å²) in [6.45, 7) is 4.72. The zero-order valence-electron chi connectivity index (χ0n) is 24.3. The molecule has 12 nitrogen and oxygen atoms in total. The Kier molecular flexibility index (Phi) is 8.34. The molecule has 4 amide bonds. The Bertz CT molecular complexity index is 1770. The van der Waals surface area contributed by atoms with E-state index in [4.69, 9.17) is 5.26 Å². The largest absolute Gasteiger partial charge is 0.369 e. The summed E-state index contributed by atoms with van der Waals surface area (Å²) in [5.74, 6) is 4.52. The molecule has 2 aliphatic rings. The maximum absolute atomic E-state index is 13.2. The molecule has 224 valence electrons. The molecule has 0 saturated carbocycles. The number of anilines is 2. The summed E-state index contributed by atoms with van der Waals surface area (Å²) >= 11 is 1.25. The molecular formula is C31H29N7O5S. The number of likely N-dealkylation sites (N-methyl/N-ethyl adjacent to an activating group) is 1. The van der Waals surface area contributed by atoms with Gasteiger partial charge in [-0.05, 0) is 44.5 Å². The average molecular weight is 612 g/mol. The zero-order chi connectivity index (χ0) is 31.6. The number of nitriles is 1. The van der Waals surface area contributed by atoms with E-state index in [1.54, 1.807) is 60.6 Å². The van der Waals surface area contributed by atoms with Crippen LogP contribution in [0.15, 0.2) is 42.0 Å². The van der Waals surface area contributed by atoms with Gasteiger partial charge in [-0.3, -0.25) is 28.8 Å². The van der Waals surface area contributed by atoms with Crippen LogP contribution in [0.4, 0.5) is 11.4 Å². The Labute approximate surface area is 257 Å². The lowest BCUT2D eigenvalue weighted by Crippen LogP contribution is -2.48. The number of hydrogen-bond acceptors (Lipinski definition) is 9. The van der Waals surface area contributed by atoms with E-state index in [1.807, 2.05) is 4.90 Å². The SMILES string of the molecule is CNC(=O)C(CCC=O)N1C(=O)c2ccc(N3CC(C#Cc4cnn(C(C)(C)C(=O)Nc5csc(C#N)c5)c4)C3)cc2C1=O. The highest BCUT2D eigenvalue weighted by Gasteiger charge is 2.43. The molecule has 0 spiro atoms. The van der Waals surface area contributed by atoms with Crippen LogP contribution >= 0.6 is 11.3 Å². The van der Waals surface area contributed by atoms with Crippen LogP contribution in [-0.4, -0.2) is 70.8 Å². The fourth-order valence-electron chi connectivity index (χ4n) is 5.00. The van der Waals surface area contributed by atoms with E-state index in [9.17, 15) is 24.0 Å². The quantitative estimate of drug-likeness (QED) is 0.212. The summed E-state index contributed by atoms with van der Waals surface area (Å²) in [5.41, 5.74) is 1.44. The van der Waals surface area contributed by atoms with Gasteiger partial charge in [0.2, 0.25) is 5.91 Å². The highest BCUT2D eigenvalue weighted by molar-refractivity contribution is 7.11. The van der Waals surface area contributed by atoms with Gasteiger partial charge in [0.15, 0.2) is 0 Å². The molecule has 4 heterocycles. The van der Waals surface area contributed by atoms with Gasteiger partial charge in [-0.2, -0.15) is 10.4 Å². The van der Waals surface area contributed by atoms with Crippen molar-refractivity contribution in [2.24, 2.45) is 5.92 Å². The Morgan fingerprint density at radius 1 is 1.20 bits per heavy atom. The first-order chi connectivity index (χ1) is 21.1. The number of imide groups is 1. The van der Waals surface area contributed by atoms with Crippen molar-refractivity contribution in [3.05, 3.63) is 63.6 Å². The van der Waals surface area contributed by atoms with Crippen molar-refractivity contribution >= 4 is 52.6 Å². The second-order valence-electron chi connectivity index (χ2n) is 11.0.